The van der Waals surface area contributed by atoms with E-state index in [0.29, 0.717) is 23.8 Å². The molecular weight excluding hydrogens is 322 g/mol. The molecule has 0 radical (unpaired) electrons. The van der Waals surface area contributed by atoms with Crippen LogP contribution in [0, 0.1) is 16.1 Å². The zero-order valence-corrected chi connectivity index (χ0v) is 13.8. The lowest BCUT2D eigenvalue weighted by Crippen LogP contribution is -2.28. The Morgan fingerprint density at radius 3 is 2.88 bits per heavy atom. The van der Waals surface area contributed by atoms with Crippen LogP contribution in [0.4, 0.5) is 0 Å². The Morgan fingerprint density at radius 2 is 2.21 bits per heavy atom. The maximum atomic E-state index is 12.2. The smallest absolute Gasteiger partial charge is 0.262 e. The van der Waals surface area contributed by atoms with E-state index in [0.717, 1.165) is 24.2 Å². The second kappa shape index (κ2) is 7.23. The number of nitriles is 1. The minimum Gasteiger partial charge on any atom is -0.350 e. The zero-order valence-electron chi connectivity index (χ0n) is 13.0. The number of aromatic amines is 1. The van der Waals surface area contributed by atoms with Gasteiger partial charge in [0.05, 0.1) is 0 Å². The van der Waals surface area contributed by atoms with E-state index in [2.05, 4.69) is 15.5 Å². The summed E-state index contributed by atoms with van der Waals surface area (Å²) in [7, 11) is 0. The van der Waals surface area contributed by atoms with E-state index in [1.165, 1.54) is 0 Å². The first-order valence-corrected chi connectivity index (χ1v) is 8.20. The van der Waals surface area contributed by atoms with Gasteiger partial charge in [0.1, 0.15) is 17.5 Å². The second-order valence-electron chi connectivity index (χ2n) is 5.65. The number of H-pyrrole nitrogens is 1. The molecule has 3 rings (SSSR count). The van der Waals surface area contributed by atoms with Crippen molar-refractivity contribution in [3.63, 3.8) is 0 Å². The molecule has 2 N–H and O–H groups in total. The summed E-state index contributed by atoms with van der Waals surface area (Å²) in [5, 5.41) is 19.0. The molecule has 1 fully saturated rings. The van der Waals surface area contributed by atoms with Crippen molar-refractivity contribution in [1.82, 2.24) is 20.1 Å². The van der Waals surface area contributed by atoms with E-state index in [4.69, 9.17) is 12.2 Å². The monoisotopic (exact) mass is 339 g/mol. The maximum absolute atomic E-state index is 12.2. The zero-order chi connectivity index (χ0) is 16.9. The van der Waals surface area contributed by atoms with Gasteiger partial charge in [0.15, 0.2) is 4.77 Å². The summed E-state index contributed by atoms with van der Waals surface area (Å²) in [6.45, 7) is 0.928. The Balaban J connectivity index is 1.61. The molecule has 1 heterocycles. The van der Waals surface area contributed by atoms with Gasteiger partial charge in [-0.2, -0.15) is 10.4 Å². The Bertz CT molecular complexity index is 855. The SMILES string of the molecule is N#CC(=Cc1ccccc1)C(=O)NCCn1c(C2CC2)n[nH]c1=S. The molecule has 6 nitrogen and oxygen atoms in total. The van der Waals surface area contributed by atoms with Crippen molar-refractivity contribution in [2.75, 3.05) is 6.54 Å². The van der Waals surface area contributed by atoms with Crippen molar-refractivity contribution in [1.29, 1.82) is 5.26 Å². The van der Waals surface area contributed by atoms with Gasteiger partial charge in [-0.1, -0.05) is 30.3 Å². The molecule has 0 saturated heterocycles. The standard InChI is InChI=1S/C17H17N5OS/c18-11-14(10-12-4-2-1-3-5-12)16(23)19-8-9-22-15(13-6-7-13)20-21-17(22)24/h1-5,10,13H,6-9H2,(H,19,23)(H,21,24). The third-order valence-electron chi connectivity index (χ3n) is 3.83. The Labute approximate surface area is 144 Å². The fraction of sp³-hybridized carbons (Fsp3) is 0.294. The van der Waals surface area contributed by atoms with Crippen molar-refractivity contribution in [3.8, 4) is 6.07 Å². The topological polar surface area (TPSA) is 86.5 Å². The van der Waals surface area contributed by atoms with Gasteiger partial charge in [0.25, 0.3) is 5.91 Å². The molecular formula is C17H17N5OS. The third-order valence-corrected chi connectivity index (χ3v) is 4.14. The first-order valence-electron chi connectivity index (χ1n) is 7.79. The lowest BCUT2D eigenvalue weighted by Gasteiger charge is -2.07. The van der Waals surface area contributed by atoms with Gasteiger partial charge < -0.3 is 9.88 Å². The Kier molecular flexibility index (Phi) is 4.87. The van der Waals surface area contributed by atoms with Crippen LogP contribution in [0.15, 0.2) is 35.9 Å². The van der Waals surface area contributed by atoms with Crippen LogP contribution in [0.5, 0.6) is 0 Å². The molecule has 0 unspecified atom stereocenters. The number of rotatable bonds is 6. The number of carbonyl (C=O) groups is 1. The highest BCUT2D eigenvalue weighted by Crippen LogP contribution is 2.38. The van der Waals surface area contributed by atoms with Gasteiger partial charge in [0.2, 0.25) is 0 Å². The predicted octanol–water partition coefficient (Wildman–Crippen LogP) is 2.54. The normalized spacial score (nSPS) is 14.2. The van der Waals surface area contributed by atoms with Crippen LogP contribution >= 0.6 is 12.2 Å². The van der Waals surface area contributed by atoms with Gasteiger partial charge in [-0.3, -0.25) is 9.89 Å². The summed E-state index contributed by atoms with van der Waals surface area (Å²) in [6, 6.07) is 11.2. The molecule has 1 saturated carbocycles. The largest absolute Gasteiger partial charge is 0.350 e. The molecule has 0 bridgehead atoms. The fourth-order valence-electron chi connectivity index (χ4n) is 2.44. The highest BCUT2D eigenvalue weighted by Gasteiger charge is 2.28. The van der Waals surface area contributed by atoms with Gasteiger partial charge >= 0.3 is 0 Å². The highest BCUT2D eigenvalue weighted by atomic mass is 32.1. The predicted molar refractivity (Wildman–Crippen MR) is 92.4 cm³/mol. The Hall–Kier alpha value is -2.72. The molecule has 1 aromatic heterocycles. The van der Waals surface area contributed by atoms with Crippen molar-refractivity contribution in [2.45, 2.75) is 25.3 Å². The van der Waals surface area contributed by atoms with E-state index < -0.39 is 0 Å². The average Bonchev–Trinajstić information content (AvgIpc) is 3.38. The van der Waals surface area contributed by atoms with E-state index >= 15 is 0 Å². The van der Waals surface area contributed by atoms with E-state index in [1.54, 1.807) is 6.08 Å². The molecule has 1 amide bonds. The van der Waals surface area contributed by atoms with Crippen LogP contribution in [0.2, 0.25) is 0 Å². The van der Waals surface area contributed by atoms with Crippen molar-refractivity contribution in [3.05, 3.63) is 52.1 Å². The number of nitrogens with one attached hydrogen (secondary N) is 2. The number of nitrogens with zero attached hydrogens (tertiary/aromatic N) is 3. The summed E-state index contributed by atoms with van der Waals surface area (Å²) in [6.07, 6.45) is 3.84. The van der Waals surface area contributed by atoms with Crippen LogP contribution in [-0.4, -0.2) is 27.2 Å². The number of amides is 1. The molecule has 1 aliphatic rings. The lowest BCUT2D eigenvalue weighted by molar-refractivity contribution is -0.117. The maximum Gasteiger partial charge on any atom is 0.262 e. The van der Waals surface area contributed by atoms with Gasteiger partial charge in [-0.15, -0.1) is 0 Å². The van der Waals surface area contributed by atoms with Crippen LogP contribution in [0.25, 0.3) is 6.08 Å². The first kappa shape index (κ1) is 16.1. The first-order chi connectivity index (χ1) is 11.7. The average molecular weight is 339 g/mol. The van der Waals surface area contributed by atoms with Crippen LogP contribution in [-0.2, 0) is 11.3 Å². The van der Waals surface area contributed by atoms with Crippen LogP contribution < -0.4 is 5.32 Å². The lowest BCUT2D eigenvalue weighted by atomic mass is 10.1. The minimum absolute atomic E-state index is 0.0828. The summed E-state index contributed by atoms with van der Waals surface area (Å²) in [5.41, 5.74) is 0.900. The number of carbonyl (C=O) groups excluding carboxylic acids is 1. The number of hydrogen-bond donors (Lipinski definition) is 2. The third kappa shape index (κ3) is 3.78. The molecule has 0 spiro atoms. The molecule has 0 atom stereocenters. The van der Waals surface area contributed by atoms with Gasteiger partial charge in [0, 0.05) is 19.0 Å². The molecule has 1 aliphatic carbocycles. The van der Waals surface area contributed by atoms with Gasteiger partial charge in [-0.05, 0) is 36.7 Å². The Morgan fingerprint density at radius 1 is 1.46 bits per heavy atom. The number of aromatic nitrogens is 3. The minimum atomic E-state index is -0.385. The van der Waals surface area contributed by atoms with Crippen molar-refractivity contribution >= 4 is 24.2 Å². The molecule has 0 aliphatic heterocycles. The van der Waals surface area contributed by atoms with Crippen LogP contribution in [0.1, 0.15) is 30.1 Å². The van der Waals surface area contributed by atoms with E-state index in [-0.39, 0.29) is 11.5 Å². The summed E-state index contributed by atoms with van der Waals surface area (Å²) >= 11 is 5.23. The summed E-state index contributed by atoms with van der Waals surface area (Å²) < 4.78 is 2.48. The molecule has 2 aromatic rings. The highest BCUT2D eigenvalue weighted by molar-refractivity contribution is 7.71. The number of hydrogen-bond acceptors (Lipinski definition) is 4. The van der Waals surface area contributed by atoms with Crippen molar-refractivity contribution in [2.24, 2.45) is 0 Å². The summed E-state index contributed by atoms with van der Waals surface area (Å²) in [5.74, 6) is 1.04. The quantitative estimate of drug-likeness (QED) is 0.481. The van der Waals surface area contributed by atoms with E-state index in [1.807, 2.05) is 41.0 Å². The molecule has 24 heavy (non-hydrogen) atoms. The fourth-order valence-corrected chi connectivity index (χ4v) is 2.67. The second-order valence-corrected chi connectivity index (χ2v) is 6.04. The van der Waals surface area contributed by atoms with E-state index in [9.17, 15) is 10.1 Å². The molecule has 1 aromatic carbocycles. The number of benzene rings is 1. The van der Waals surface area contributed by atoms with Gasteiger partial charge in [-0.25, -0.2) is 0 Å². The summed E-state index contributed by atoms with van der Waals surface area (Å²) in [4.78, 5) is 12.2. The van der Waals surface area contributed by atoms with Crippen molar-refractivity contribution < 1.29 is 4.79 Å². The molecule has 122 valence electrons. The van der Waals surface area contributed by atoms with Crippen LogP contribution in [0.3, 0.4) is 0 Å². The molecule has 7 heteroatoms.